The molecule has 1 unspecified atom stereocenters. The van der Waals surface area contributed by atoms with Crippen molar-refractivity contribution < 1.29 is 9.90 Å². The van der Waals surface area contributed by atoms with Gasteiger partial charge in [0.05, 0.1) is 5.92 Å². The van der Waals surface area contributed by atoms with Crippen LogP contribution in [-0.2, 0) is 11.2 Å². The number of hydrogen-bond acceptors (Lipinski definition) is 1. The van der Waals surface area contributed by atoms with Gasteiger partial charge in [-0.1, -0.05) is 59.1 Å². The smallest absolute Gasteiger partial charge is 0.311 e. The fraction of sp³-hybridized carbons (Fsp3) is 0.188. The SMILES string of the molecule is Cc1ccc(CC(C(=O)O)c2c(Cl)cccc2Cl)cc1. The van der Waals surface area contributed by atoms with Crippen molar-refractivity contribution in [3.8, 4) is 0 Å². The highest BCUT2D eigenvalue weighted by molar-refractivity contribution is 6.36. The van der Waals surface area contributed by atoms with Crippen LogP contribution in [0.5, 0.6) is 0 Å². The second-order valence-electron chi connectivity index (χ2n) is 4.72. The van der Waals surface area contributed by atoms with Crippen LogP contribution in [0.15, 0.2) is 42.5 Å². The molecule has 4 heteroatoms. The number of aliphatic carboxylic acids is 1. The molecule has 0 spiro atoms. The molecule has 0 radical (unpaired) electrons. The fourth-order valence-electron chi connectivity index (χ4n) is 2.12. The monoisotopic (exact) mass is 308 g/mol. The zero-order valence-electron chi connectivity index (χ0n) is 10.9. The first-order valence-electron chi connectivity index (χ1n) is 6.21. The van der Waals surface area contributed by atoms with Gasteiger partial charge in [-0.25, -0.2) is 0 Å². The van der Waals surface area contributed by atoms with Gasteiger partial charge in [-0.2, -0.15) is 0 Å². The van der Waals surface area contributed by atoms with Crippen molar-refractivity contribution in [3.63, 3.8) is 0 Å². The van der Waals surface area contributed by atoms with Crippen molar-refractivity contribution in [2.45, 2.75) is 19.3 Å². The zero-order chi connectivity index (χ0) is 14.7. The highest BCUT2D eigenvalue weighted by atomic mass is 35.5. The lowest BCUT2D eigenvalue weighted by atomic mass is 9.91. The maximum absolute atomic E-state index is 11.6. The predicted octanol–water partition coefficient (Wildman–Crippen LogP) is 4.71. The van der Waals surface area contributed by atoms with Crippen molar-refractivity contribution in [3.05, 3.63) is 69.2 Å². The molecule has 0 saturated carbocycles. The Kier molecular flexibility index (Phi) is 4.69. The molecule has 0 fully saturated rings. The standard InChI is InChI=1S/C16H14Cl2O2/c1-10-5-7-11(8-6-10)9-12(16(19)20)15-13(17)3-2-4-14(15)18/h2-8,12H,9H2,1H3,(H,19,20). The van der Waals surface area contributed by atoms with E-state index in [2.05, 4.69) is 0 Å². The fourth-order valence-corrected chi connectivity index (χ4v) is 2.78. The zero-order valence-corrected chi connectivity index (χ0v) is 12.4. The van der Waals surface area contributed by atoms with E-state index in [1.165, 1.54) is 0 Å². The van der Waals surface area contributed by atoms with Gasteiger partial charge in [0.15, 0.2) is 0 Å². The summed E-state index contributed by atoms with van der Waals surface area (Å²) < 4.78 is 0. The third kappa shape index (κ3) is 3.33. The van der Waals surface area contributed by atoms with Gasteiger partial charge in [0.1, 0.15) is 0 Å². The van der Waals surface area contributed by atoms with Gasteiger partial charge in [-0.3, -0.25) is 4.79 Å². The summed E-state index contributed by atoms with van der Waals surface area (Å²) >= 11 is 12.2. The third-order valence-electron chi connectivity index (χ3n) is 3.21. The normalized spacial score (nSPS) is 12.2. The highest BCUT2D eigenvalue weighted by Gasteiger charge is 2.25. The Morgan fingerprint density at radius 3 is 2.15 bits per heavy atom. The minimum atomic E-state index is -0.930. The van der Waals surface area contributed by atoms with Crippen molar-refractivity contribution in [1.29, 1.82) is 0 Å². The second kappa shape index (κ2) is 6.29. The Bertz CT molecular complexity index is 601. The first kappa shape index (κ1) is 14.9. The molecule has 0 heterocycles. The molecule has 2 rings (SSSR count). The Morgan fingerprint density at radius 2 is 1.65 bits per heavy atom. The lowest BCUT2D eigenvalue weighted by Crippen LogP contribution is -2.15. The molecule has 0 aliphatic rings. The van der Waals surface area contributed by atoms with Crippen LogP contribution in [0.25, 0.3) is 0 Å². The van der Waals surface area contributed by atoms with Crippen molar-refractivity contribution in [1.82, 2.24) is 0 Å². The number of halogens is 2. The number of rotatable bonds is 4. The number of hydrogen-bond donors (Lipinski definition) is 1. The van der Waals surface area contributed by atoms with E-state index in [0.29, 0.717) is 22.0 Å². The van der Waals surface area contributed by atoms with Crippen LogP contribution >= 0.6 is 23.2 Å². The molecule has 104 valence electrons. The van der Waals surface area contributed by atoms with E-state index >= 15 is 0 Å². The summed E-state index contributed by atoms with van der Waals surface area (Å²) in [6, 6.07) is 12.8. The van der Waals surface area contributed by atoms with Gasteiger partial charge >= 0.3 is 5.97 Å². The van der Waals surface area contributed by atoms with E-state index in [1.807, 2.05) is 31.2 Å². The molecule has 2 aromatic rings. The summed E-state index contributed by atoms with van der Waals surface area (Å²) in [4.78, 5) is 11.6. The molecule has 2 nitrogen and oxygen atoms in total. The molecule has 0 bridgehead atoms. The largest absolute Gasteiger partial charge is 0.481 e. The van der Waals surface area contributed by atoms with Crippen molar-refractivity contribution >= 4 is 29.2 Å². The summed E-state index contributed by atoms with van der Waals surface area (Å²) in [5, 5.41) is 10.2. The minimum Gasteiger partial charge on any atom is -0.481 e. The van der Waals surface area contributed by atoms with Crippen LogP contribution in [0.2, 0.25) is 10.0 Å². The molecule has 0 aliphatic heterocycles. The lowest BCUT2D eigenvalue weighted by molar-refractivity contribution is -0.138. The van der Waals surface area contributed by atoms with E-state index in [9.17, 15) is 9.90 Å². The van der Waals surface area contributed by atoms with Gasteiger partial charge in [0.25, 0.3) is 0 Å². The van der Waals surface area contributed by atoms with Crippen LogP contribution in [-0.4, -0.2) is 11.1 Å². The van der Waals surface area contributed by atoms with Gasteiger partial charge in [-0.05, 0) is 31.0 Å². The summed E-state index contributed by atoms with van der Waals surface area (Å²) in [7, 11) is 0. The summed E-state index contributed by atoms with van der Waals surface area (Å²) in [5.74, 6) is -1.68. The lowest BCUT2D eigenvalue weighted by Gasteiger charge is -2.16. The number of aryl methyl sites for hydroxylation is 1. The minimum absolute atomic E-state index is 0.360. The molecule has 0 aromatic heterocycles. The molecule has 0 saturated heterocycles. The Hall–Kier alpha value is -1.51. The van der Waals surface area contributed by atoms with Crippen LogP contribution in [0.4, 0.5) is 0 Å². The van der Waals surface area contributed by atoms with Crippen LogP contribution in [0, 0.1) is 6.92 Å². The van der Waals surface area contributed by atoms with Crippen molar-refractivity contribution in [2.75, 3.05) is 0 Å². The molecule has 0 aliphatic carbocycles. The van der Waals surface area contributed by atoms with Crippen molar-refractivity contribution in [2.24, 2.45) is 0 Å². The molecule has 1 atom stereocenters. The Morgan fingerprint density at radius 1 is 1.10 bits per heavy atom. The molecule has 20 heavy (non-hydrogen) atoms. The van der Waals surface area contributed by atoms with Gasteiger partial charge in [0.2, 0.25) is 0 Å². The van der Waals surface area contributed by atoms with Crippen LogP contribution < -0.4 is 0 Å². The first-order chi connectivity index (χ1) is 9.49. The highest BCUT2D eigenvalue weighted by Crippen LogP contribution is 2.33. The predicted molar refractivity (Wildman–Crippen MR) is 81.7 cm³/mol. The summed E-state index contributed by atoms with van der Waals surface area (Å²) in [6.07, 6.45) is 0.360. The first-order valence-corrected chi connectivity index (χ1v) is 6.97. The summed E-state index contributed by atoms with van der Waals surface area (Å²) in [6.45, 7) is 1.99. The summed E-state index contributed by atoms with van der Waals surface area (Å²) in [5.41, 5.74) is 2.55. The number of carboxylic acid groups (broad SMARTS) is 1. The van der Waals surface area contributed by atoms with Gasteiger partial charge in [0, 0.05) is 15.6 Å². The van der Waals surface area contributed by atoms with Crippen LogP contribution in [0.3, 0.4) is 0 Å². The van der Waals surface area contributed by atoms with E-state index in [-0.39, 0.29) is 0 Å². The maximum atomic E-state index is 11.6. The molecule has 2 aromatic carbocycles. The average molecular weight is 309 g/mol. The Labute approximate surface area is 128 Å². The van der Waals surface area contributed by atoms with Crippen LogP contribution in [0.1, 0.15) is 22.6 Å². The molecule has 1 N–H and O–H groups in total. The van der Waals surface area contributed by atoms with Gasteiger partial charge < -0.3 is 5.11 Å². The number of carbonyl (C=O) groups is 1. The van der Waals surface area contributed by atoms with E-state index in [4.69, 9.17) is 23.2 Å². The van der Waals surface area contributed by atoms with E-state index in [0.717, 1.165) is 11.1 Å². The average Bonchev–Trinajstić information content (AvgIpc) is 2.39. The Balaban J connectivity index is 2.37. The number of benzene rings is 2. The molecular formula is C16H14Cl2O2. The van der Waals surface area contributed by atoms with E-state index < -0.39 is 11.9 Å². The third-order valence-corrected chi connectivity index (χ3v) is 3.87. The molecular weight excluding hydrogens is 295 g/mol. The molecule has 0 amide bonds. The maximum Gasteiger partial charge on any atom is 0.311 e. The second-order valence-corrected chi connectivity index (χ2v) is 5.53. The topological polar surface area (TPSA) is 37.3 Å². The quantitative estimate of drug-likeness (QED) is 0.888. The van der Waals surface area contributed by atoms with Gasteiger partial charge in [-0.15, -0.1) is 0 Å². The van der Waals surface area contributed by atoms with E-state index in [1.54, 1.807) is 18.2 Å². The number of carboxylic acids is 1.